The Morgan fingerprint density at radius 2 is 1.86 bits per heavy atom. The van der Waals surface area contributed by atoms with Gasteiger partial charge in [-0.05, 0) is 42.0 Å². The molecule has 0 heterocycles. The van der Waals surface area contributed by atoms with Gasteiger partial charge in [0.05, 0.1) is 10.6 Å². The predicted molar refractivity (Wildman–Crippen MR) is 90.8 cm³/mol. The zero-order valence-electron chi connectivity index (χ0n) is 11.2. The second-order valence-corrected chi connectivity index (χ2v) is 6.37. The number of hydrogen-bond donors (Lipinski definition) is 1. The summed E-state index contributed by atoms with van der Waals surface area (Å²) in [6.45, 7) is 0.353. The average Bonchev–Trinajstić information content (AvgIpc) is 2.44. The fraction of sp³-hybridized carbons (Fsp3) is 0.133. The molecule has 0 radical (unpaired) electrons. The molecule has 21 heavy (non-hydrogen) atoms. The Morgan fingerprint density at radius 3 is 2.57 bits per heavy atom. The fourth-order valence-electron chi connectivity index (χ4n) is 1.91. The minimum atomic E-state index is -0.181. The van der Waals surface area contributed by atoms with Crippen molar-refractivity contribution in [3.8, 4) is 0 Å². The number of benzene rings is 2. The van der Waals surface area contributed by atoms with Gasteiger partial charge in [0.2, 0.25) is 0 Å². The number of nitrogens with two attached hydrogens (primary N) is 1. The van der Waals surface area contributed by atoms with E-state index in [9.17, 15) is 4.79 Å². The molecule has 3 nitrogen and oxygen atoms in total. The van der Waals surface area contributed by atoms with Gasteiger partial charge < -0.3 is 10.6 Å². The van der Waals surface area contributed by atoms with Crippen LogP contribution >= 0.6 is 39.1 Å². The first-order chi connectivity index (χ1) is 9.88. The smallest absolute Gasteiger partial charge is 0.255 e. The number of carbonyl (C=O) groups is 1. The molecule has 0 aliphatic carbocycles. The van der Waals surface area contributed by atoms with Crippen molar-refractivity contribution in [3.05, 3.63) is 62.0 Å². The monoisotopic (exact) mass is 386 g/mol. The molecule has 2 aromatic rings. The van der Waals surface area contributed by atoms with E-state index in [2.05, 4.69) is 15.9 Å². The largest absolute Gasteiger partial charge is 0.399 e. The molecule has 0 aromatic heterocycles. The van der Waals surface area contributed by atoms with Crippen LogP contribution in [0.2, 0.25) is 10.0 Å². The van der Waals surface area contributed by atoms with Crippen LogP contribution in [0.4, 0.5) is 5.69 Å². The molecule has 2 aromatic carbocycles. The van der Waals surface area contributed by atoms with Crippen LogP contribution in [0.3, 0.4) is 0 Å². The Morgan fingerprint density at radius 1 is 1.19 bits per heavy atom. The number of nitrogens with zero attached hydrogens (tertiary/aromatic N) is 1. The van der Waals surface area contributed by atoms with Gasteiger partial charge in [0.1, 0.15) is 0 Å². The Kier molecular flexibility index (Phi) is 5.14. The van der Waals surface area contributed by atoms with Crippen molar-refractivity contribution in [2.75, 3.05) is 12.8 Å². The lowest BCUT2D eigenvalue weighted by atomic mass is 10.1. The molecule has 0 spiro atoms. The van der Waals surface area contributed by atoms with Crippen LogP contribution in [0, 0.1) is 0 Å². The van der Waals surface area contributed by atoms with Gasteiger partial charge in [0, 0.05) is 28.8 Å². The predicted octanol–water partition coefficient (Wildman–Crippen LogP) is 4.61. The van der Waals surface area contributed by atoms with Crippen LogP contribution in [0.15, 0.2) is 40.9 Å². The Bertz CT molecular complexity index is 691. The van der Waals surface area contributed by atoms with Crippen molar-refractivity contribution in [1.82, 2.24) is 4.90 Å². The number of nitrogen functional groups attached to an aromatic ring is 1. The quantitative estimate of drug-likeness (QED) is 0.781. The standard InChI is InChI=1S/C15H13BrCl2N2O/c1-20(8-9-6-11(19)3-5-13(9)17)15(21)12-7-10(16)2-4-14(12)18/h2-7H,8,19H2,1H3. The summed E-state index contributed by atoms with van der Waals surface area (Å²) in [5, 5.41) is 0.984. The summed E-state index contributed by atoms with van der Waals surface area (Å²) in [5.74, 6) is -0.181. The summed E-state index contributed by atoms with van der Waals surface area (Å²) in [6.07, 6.45) is 0. The molecule has 1 amide bonds. The first kappa shape index (κ1) is 16.1. The summed E-state index contributed by atoms with van der Waals surface area (Å²) >= 11 is 15.5. The minimum Gasteiger partial charge on any atom is -0.399 e. The van der Waals surface area contributed by atoms with Crippen LogP contribution in [-0.4, -0.2) is 17.9 Å². The van der Waals surface area contributed by atoms with E-state index in [1.54, 1.807) is 48.3 Å². The van der Waals surface area contributed by atoms with Crippen molar-refractivity contribution in [3.63, 3.8) is 0 Å². The summed E-state index contributed by atoms with van der Waals surface area (Å²) < 4.78 is 0.797. The van der Waals surface area contributed by atoms with Gasteiger partial charge in [0.15, 0.2) is 0 Å². The highest BCUT2D eigenvalue weighted by atomic mass is 79.9. The van der Waals surface area contributed by atoms with Gasteiger partial charge in [-0.15, -0.1) is 0 Å². The molecule has 110 valence electrons. The third-order valence-electron chi connectivity index (χ3n) is 2.98. The lowest BCUT2D eigenvalue weighted by Gasteiger charge is -2.19. The molecule has 2 N–H and O–H groups in total. The molecule has 0 atom stereocenters. The number of rotatable bonds is 3. The fourth-order valence-corrected chi connectivity index (χ4v) is 2.65. The van der Waals surface area contributed by atoms with Gasteiger partial charge in [-0.25, -0.2) is 0 Å². The van der Waals surface area contributed by atoms with Crippen LogP contribution in [0.1, 0.15) is 15.9 Å². The van der Waals surface area contributed by atoms with E-state index in [-0.39, 0.29) is 5.91 Å². The second kappa shape index (κ2) is 6.69. The third kappa shape index (κ3) is 3.90. The molecule has 0 aliphatic rings. The molecule has 0 saturated carbocycles. The normalized spacial score (nSPS) is 10.5. The first-order valence-electron chi connectivity index (χ1n) is 6.13. The first-order valence-corrected chi connectivity index (χ1v) is 7.68. The zero-order valence-corrected chi connectivity index (χ0v) is 14.3. The topological polar surface area (TPSA) is 46.3 Å². The highest BCUT2D eigenvalue weighted by Gasteiger charge is 2.17. The zero-order chi connectivity index (χ0) is 15.6. The Balaban J connectivity index is 2.23. The van der Waals surface area contributed by atoms with E-state index in [0.29, 0.717) is 27.8 Å². The maximum absolute atomic E-state index is 12.5. The van der Waals surface area contributed by atoms with E-state index in [0.717, 1.165) is 10.0 Å². The lowest BCUT2D eigenvalue weighted by Crippen LogP contribution is -2.26. The van der Waals surface area contributed by atoms with E-state index in [4.69, 9.17) is 28.9 Å². The number of amides is 1. The van der Waals surface area contributed by atoms with Crippen LogP contribution in [0.5, 0.6) is 0 Å². The van der Waals surface area contributed by atoms with Crippen molar-refractivity contribution >= 4 is 50.7 Å². The highest BCUT2D eigenvalue weighted by Crippen LogP contribution is 2.24. The van der Waals surface area contributed by atoms with Gasteiger partial charge >= 0.3 is 0 Å². The van der Waals surface area contributed by atoms with Gasteiger partial charge in [0.25, 0.3) is 5.91 Å². The summed E-state index contributed by atoms with van der Waals surface area (Å²) in [7, 11) is 1.69. The van der Waals surface area contributed by atoms with E-state index in [1.807, 2.05) is 0 Å². The van der Waals surface area contributed by atoms with E-state index < -0.39 is 0 Å². The number of anilines is 1. The van der Waals surface area contributed by atoms with Crippen molar-refractivity contribution in [1.29, 1.82) is 0 Å². The average molecular weight is 388 g/mol. The maximum atomic E-state index is 12.5. The summed E-state index contributed by atoms with van der Waals surface area (Å²) in [4.78, 5) is 14.0. The Labute approximate surface area is 141 Å². The Hall–Kier alpha value is -1.23. The molecule has 6 heteroatoms. The maximum Gasteiger partial charge on any atom is 0.255 e. The SMILES string of the molecule is CN(Cc1cc(N)ccc1Cl)C(=O)c1cc(Br)ccc1Cl. The van der Waals surface area contributed by atoms with Crippen molar-refractivity contribution in [2.45, 2.75) is 6.54 Å². The third-order valence-corrected chi connectivity index (χ3v) is 4.17. The lowest BCUT2D eigenvalue weighted by molar-refractivity contribution is 0.0785. The minimum absolute atomic E-state index is 0.181. The number of halogens is 3. The van der Waals surface area contributed by atoms with Crippen LogP contribution in [0.25, 0.3) is 0 Å². The second-order valence-electron chi connectivity index (χ2n) is 4.64. The van der Waals surface area contributed by atoms with Crippen LogP contribution in [-0.2, 0) is 6.54 Å². The van der Waals surface area contributed by atoms with E-state index >= 15 is 0 Å². The number of carbonyl (C=O) groups excluding carboxylic acids is 1. The molecule has 0 fully saturated rings. The molecule has 2 rings (SSSR count). The van der Waals surface area contributed by atoms with Gasteiger partial charge in [-0.3, -0.25) is 4.79 Å². The molecular weight excluding hydrogens is 375 g/mol. The molecular formula is C15H13BrCl2N2O. The highest BCUT2D eigenvalue weighted by molar-refractivity contribution is 9.10. The molecule has 0 bridgehead atoms. The van der Waals surface area contributed by atoms with Crippen molar-refractivity contribution in [2.24, 2.45) is 0 Å². The van der Waals surface area contributed by atoms with E-state index in [1.165, 1.54) is 0 Å². The molecule has 0 unspecified atom stereocenters. The molecule has 0 saturated heterocycles. The summed E-state index contributed by atoms with van der Waals surface area (Å²) in [5.41, 5.74) is 7.58. The van der Waals surface area contributed by atoms with Crippen LogP contribution < -0.4 is 5.73 Å². The van der Waals surface area contributed by atoms with Gasteiger partial charge in [-0.1, -0.05) is 39.1 Å². The van der Waals surface area contributed by atoms with Gasteiger partial charge in [-0.2, -0.15) is 0 Å². The number of hydrogen-bond acceptors (Lipinski definition) is 2. The van der Waals surface area contributed by atoms with Crippen molar-refractivity contribution < 1.29 is 4.79 Å². The summed E-state index contributed by atoms with van der Waals surface area (Å²) in [6, 6.07) is 10.4. The molecule has 0 aliphatic heterocycles.